The van der Waals surface area contributed by atoms with Crippen LogP contribution in [-0.2, 0) is 5.41 Å². The van der Waals surface area contributed by atoms with Crippen LogP contribution in [0.5, 0.6) is 0 Å². The quantitative estimate of drug-likeness (QED) is 0.804. The summed E-state index contributed by atoms with van der Waals surface area (Å²) in [6.45, 7) is 6.00. The number of carbonyl (C=O) groups is 1. The Morgan fingerprint density at radius 1 is 1.28 bits per heavy atom. The zero-order valence-electron chi connectivity index (χ0n) is 10.9. The second kappa shape index (κ2) is 6.21. The first kappa shape index (κ1) is 15.0. The Morgan fingerprint density at radius 2 is 1.83 bits per heavy atom. The molecular weight excluding hydrogens is 254 g/mol. The van der Waals surface area contributed by atoms with Crippen molar-refractivity contribution >= 4 is 17.4 Å². The van der Waals surface area contributed by atoms with E-state index >= 15 is 0 Å². The largest absolute Gasteiger partial charge is 0.395 e. The average Bonchev–Trinajstić information content (AvgIpc) is 2.76. The molecule has 6 nitrogen and oxygen atoms in total. The van der Waals surface area contributed by atoms with E-state index in [9.17, 15) is 4.79 Å². The Morgan fingerprint density at radius 3 is 2.28 bits per heavy atom. The first-order valence-corrected chi connectivity index (χ1v) is 6.53. The van der Waals surface area contributed by atoms with Crippen molar-refractivity contribution < 1.29 is 15.0 Å². The van der Waals surface area contributed by atoms with E-state index in [1.165, 1.54) is 4.90 Å². The topological polar surface area (TPSA) is 86.6 Å². The van der Waals surface area contributed by atoms with E-state index < -0.39 is 0 Å². The van der Waals surface area contributed by atoms with Crippen LogP contribution in [-0.4, -0.2) is 56.9 Å². The van der Waals surface area contributed by atoms with E-state index in [-0.39, 0.29) is 37.6 Å². The summed E-state index contributed by atoms with van der Waals surface area (Å²) in [5.74, 6) is -0.238. The lowest BCUT2D eigenvalue weighted by atomic mass is 9.91. The number of amides is 1. The van der Waals surface area contributed by atoms with Crippen molar-refractivity contribution in [3.05, 3.63) is 10.6 Å². The van der Waals surface area contributed by atoms with Gasteiger partial charge in [-0.1, -0.05) is 25.3 Å². The van der Waals surface area contributed by atoms with E-state index in [2.05, 4.69) is 9.59 Å². The van der Waals surface area contributed by atoms with E-state index in [0.29, 0.717) is 10.6 Å². The van der Waals surface area contributed by atoms with Gasteiger partial charge < -0.3 is 15.1 Å². The van der Waals surface area contributed by atoms with Crippen LogP contribution in [0.15, 0.2) is 0 Å². The third-order valence-corrected chi connectivity index (χ3v) is 3.13. The molecular formula is C11H19N3O3S. The van der Waals surface area contributed by atoms with Crippen LogP contribution in [0.1, 0.15) is 36.1 Å². The summed E-state index contributed by atoms with van der Waals surface area (Å²) >= 11 is 1.05. The molecule has 18 heavy (non-hydrogen) atoms. The summed E-state index contributed by atoms with van der Waals surface area (Å²) in [5.41, 5.74) is 0.389. The van der Waals surface area contributed by atoms with Crippen molar-refractivity contribution in [3.63, 3.8) is 0 Å². The molecule has 0 fully saturated rings. The summed E-state index contributed by atoms with van der Waals surface area (Å²) < 4.78 is 3.83. The summed E-state index contributed by atoms with van der Waals surface area (Å²) in [6, 6.07) is 0. The molecule has 0 saturated heterocycles. The van der Waals surface area contributed by atoms with Crippen LogP contribution >= 0.6 is 11.5 Å². The average molecular weight is 273 g/mol. The molecule has 0 radical (unpaired) electrons. The molecule has 0 atom stereocenters. The second-order valence-electron chi connectivity index (χ2n) is 4.94. The van der Waals surface area contributed by atoms with Gasteiger partial charge in [-0.25, -0.2) is 0 Å². The van der Waals surface area contributed by atoms with Crippen molar-refractivity contribution in [2.24, 2.45) is 0 Å². The van der Waals surface area contributed by atoms with Crippen LogP contribution in [0.25, 0.3) is 0 Å². The number of aliphatic hydroxyl groups is 2. The van der Waals surface area contributed by atoms with Crippen molar-refractivity contribution in [1.29, 1.82) is 0 Å². The standard InChI is InChI=1S/C11H19N3O3S/c1-11(2,3)9-8(18-13-12-9)10(17)14(4-6-15)5-7-16/h15-16H,4-7H2,1-3H3. The van der Waals surface area contributed by atoms with Gasteiger partial charge in [-0.05, 0) is 11.5 Å². The summed E-state index contributed by atoms with van der Waals surface area (Å²) in [6.07, 6.45) is 0. The molecule has 7 heteroatoms. The van der Waals surface area contributed by atoms with Gasteiger partial charge >= 0.3 is 0 Å². The van der Waals surface area contributed by atoms with E-state index in [4.69, 9.17) is 10.2 Å². The SMILES string of the molecule is CC(C)(C)c1nnsc1C(=O)N(CCO)CCO. The summed E-state index contributed by atoms with van der Waals surface area (Å²) in [4.78, 5) is 14.2. The third kappa shape index (κ3) is 3.47. The summed E-state index contributed by atoms with van der Waals surface area (Å²) in [5, 5.41) is 21.9. The Labute approximate surface area is 110 Å². The minimum atomic E-state index is -0.262. The number of aliphatic hydroxyl groups excluding tert-OH is 2. The fraction of sp³-hybridized carbons (Fsp3) is 0.727. The third-order valence-electron chi connectivity index (χ3n) is 2.42. The van der Waals surface area contributed by atoms with Crippen molar-refractivity contribution in [1.82, 2.24) is 14.5 Å². The van der Waals surface area contributed by atoms with Gasteiger partial charge in [-0.15, -0.1) is 5.10 Å². The number of nitrogens with zero attached hydrogens (tertiary/aromatic N) is 3. The molecule has 0 unspecified atom stereocenters. The minimum absolute atomic E-state index is 0.136. The number of aromatic nitrogens is 2. The van der Waals surface area contributed by atoms with Gasteiger partial charge in [-0.3, -0.25) is 4.79 Å². The number of carbonyl (C=O) groups excluding carboxylic acids is 1. The van der Waals surface area contributed by atoms with Crippen LogP contribution in [0.2, 0.25) is 0 Å². The van der Waals surface area contributed by atoms with Crippen molar-refractivity contribution in [2.75, 3.05) is 26.3 Å². The minimum Gasteiger partial charge on any atom is -0.395 e. The van der Waals surface area contributed by atoms with Gasteiger partial charge in [0.15, 0.2) is 0 Å². The van der Waals surface area contributed by atoms with Gasteiger partial charge in [0.25, 0.3) is 5.91 Å². The van der Waals surface area contributed by atoms with E-state index in [0.717, 1.165) is 11.5 Å². The van der Waals surface area contributed by atoms with Gasteiger partial charge in [0.1, 0.15) is 4.88 Å². The monoisotopic (exact) mass is 273 g/mol. The molecule has 0 aliphatic carbocycles. The molecule has 102 valence electrons. The smallest absolute Gasteiger partial charge is 0.267 e. The van der Waals surface area contributed by atoms with Gasteiger partial charge in [-0.2, -0.15) is 0 Å². The molecule has 1 heterocycles. The molecule has 0 aliphatic rings. The van der Waals surface area contributed by atoms with Crippen molar-refractivity contribution in [2.45, 2.75) is 26.2 Å². The molecule has 1 aromatic rings. The Bertz CT molecular complexity index is 394. The lowest BCUT2D eigenvalue weighted by molar-refractivity contribution is 0.0687. The van der Waals surface area contributed by atoms with Crippen molar-refractivity contribution in [3.8, 4) is 0 Å². The van der Waals surface area contributed by atoms with E-state index in [1.807, 2.05) is 20.8 Å². The molecule has 1 aromatic heterocycles. The van der Waals surface area contributed by atoms with Crippen LogP contribution in [0, 0.1) is 0 Å². The molecule has 1 rings (SSSR count). The summed E-state index contributed by atoms with van der Waals surface area (Å²) in [7, 11) is 0. The highest BCUT2D eigenvalue weighted by Gasteiger charge is 2.28. The molecule has 0 bridgehead atoms. The number of hydrogen-bond acceptors (Lipinski definition) is 6. The predicted octanol–water partition coefficient (Wildman–Crippen LogP) is 0.262. The van der Waals surface area contributed by atoms with Crippen LogP contribution in [0.4, 0.5) is 0 Å². The highest BCUT2D eigenvalue weighted by molar-refractivity contribution is 7.08. The fourth-order valence-electron chi connectivity index (χ4n) is 1.52. The van der Waals surface area contributed by atoms with Gasteiger partial charge in [0.2, 0.25) is 0 Å². The maximum Gasteiger partial charge on any atom is 0.267 e. The Hall–Kier alpha value is -1.05. The Balaban J connectivity index is 2.98. The fourth-order valence-corrected chi connectivity index (χ4v) is 2.37. The molecule has 2 N–H and O–H groups in total. The Kier molecular flexibility index (Phi) is 5.18. The number of hydrogen-bond donors (Lipinski definition) is 2. The molecule has 0 aliphatic heterocycles. The molecule has 0 aromatic carbocycles. The maximum atomic E-state index is 12.3. The molecule has 0 spiro atoms. The van der Waals surface area contributed by atoms with Gasteiger partial charge in [0, 0.05) is 18.5 Å². The highest BCUT2D eigenvalue weighted by atomic mass is 32.1. The van der Waals surface area contributed by atoms with Crippen LogP contribution in [0.3, 0.4) is 0 Å². The normalized spacial score (nSPS) is 11.6. The highest BCUT2D eigenvalue weighted by Crippen LogP contribution is 2.26. The van der Waals surface area contributed by atoms with Gasteiger partial charge in [0.05, 0.1) is 18.9 Å². The van der Waals surface area contributed by atoms with Crippen LogP contribution < -0.4 is 0 Å². The predicted molar refractivity (Wildman–Crippen MR) is 68.7 cm³/mol. The van der Waals surface area contributed by atoms with E-state index in [1.54, 1.807) is 0 Å². The number of rotatable bonds is 5. The first-order chi connectivity index (χ1) is 8.41. The first-order valence-electron chi connectivity index (χ1n) is 5.75. The zero-order valence-corrected chi connectivity index (χ0v) is 11.7. The molecule has 0 saturated carbocycles. The maximum absolute atomic E-state index is 12.3. The zero-order chi connectivity index (χ0) is 13.8. The lowest BCUT2D eigenvalue weighted by Crippen LogP contribution is -2.36. The molecule has 1 amide bonds. The lowest BCUT2D eigenvalue weighted by Gasteiger charge is -2.22. The second-order valence-corrected chi connectivity index (χ2v) is 5.69.